The van der Waals surface area contributed by atoms with E-state index in [0.29, 0.717) is 6.04 Å². The number of anilines is 2. The molecule has 1 heterocycles. The first-order chi connectivity index (χ1) is 11.8. The molecule has 24 heavy (non-hydrogen) atoms. The molecule has 0 saturated carbocycles. The summed E-state index contributed by atoms with van der Waals surface area (Å²) in [6.07, 6.45) is 3.25. The van der Waals surface area contributed by atoms with Crippen molar-refractivity contribution in [2.24, 2.45) is 0 Å². The van der Waals surface area contributed by atoms with E-state index in [4.69, 9.17) is 0 Å². The lowest BCUT2D eigenvalue weighted by Gasteiger charge is -2.45. The molecule has 0 aliphatic carbocycles. The predicted octanol–water partition coefficient (Wildman–Crippen LogP) is 5.99. The fourth-order valence-electron chi connectivity index (χ4n) is 3.73. The lowest BCUT2D eigenvalue weighted by atomic mass is 9.93. The third-order valence-corrected chi connectivity index (χ3v) is 4.83. The molecule has 1 unspecified atom stereocenters. The van der Waals surface area contributed by atoms with Gasteiger partial charge in [-0.1, -0.05) is 57.2 Å². The third kappa shape index (κ3) is 3.06. The molecule has 1 aliphatic heterocycles. The molecule has 0 saturated heterocycles. The van der Waals surface area contributed by atoms with Crippen molar-refractivity contribution in [3.8, 4) is 0 Å². The summed E-state index contributed by atoms with van der Waals surface area (Å²) in [5, 5.41) is 0. The standard InChI is InChI=1S/C22H27N2/c1-4-20-21(5-2)23(18-13-9-7-10-14-18)17-24(22(20)6-3)19-15-11-8-12-16-19/h7-17,21H,4-6H2,1-3H3. The highest BCUT2D eigenvalue weighted by atomic mass is 15.4. The van der Waals surface area contributed by atoms with Crippen LogP contribution in [0.15, 0.2) is 71.9 Å². The first-order valence-electron chi connectivity index (χ1n) is 9.04. The van der Waals surface area contributed by atoms with Gasteiger partial charge in [0.05, 0.1) is 6.04 Å². The SMILES string of the molecule is CCC1=C(CC)N(c2ccccc2)[CH]N(c2ccccc2)C1CC. The molecule has 3 rings (SSSR count). The average Bonchev–Trinajstić information content (AvgIpc) is 2.67. The lowest BCUT2D eigenvalue weighted by molar-refractivity contribution is 0.610. The van der Waals surface area contributed by atoms with Crippen molar-refractivity contribution < 1.29 is 0 Å². The van der Waals surface area contributed by atoms with Gasteiger partial charge >= 0.3 is 0 Å². The van der Waals surface area contributed by atoms with Crippen molar-refractivity contribution in [2.45, 2.75) is 46.1 Å². The highest BCUT2D eigenvalue weighted by Gasteiger charge is 2.32. The van der Waals surface area contributed by atoms with Gasteiger partial charge in [0.1, 0.15) is 6.67 Å². The largest absolute Gasteiger partial charge is 0.341 e. The maximum Gasteiger partial charge on any atom is 0.147 e. The molecule has 2 aromatic carbocycles. The van der Waals surface area contributed by atoms with Gasteiger partial charge in [0.25, 0.3) is 0 Å². The Labute approximate surface area is 146 Å². The minimum Gasteiger partial charge on any atom is -0.341 e. The Balaban J connectivity index is 2.09. The van der Waals surface area contributed by atoms with Crippen LogP contribution in [0.2, 0.25) is 0 Å². The molecular weight excluding hydrogens is 292 g/mol. The summed E-state index contributed by atoms with van der Waals surface area (Å²) in [5.74, 6) is 0. The summed E-state index contributed by atoms with van der Waals surface area (Å²) in [4.78, 5) is 4.81. The minimum absolute atomic E-state index is 0.437. The van der Waals surface area contributed by atoms with Crippen LogP contribution in [0.1, 0.15) is 40.0 Å². The zero-order valence-electron chi connectivity index (χ0n) is 14.9. The molecule has 0 N–H and O–H groups in total. The monoisotopic (exact) mass is 319 g/mol. The second-order valence-electron chi connectivity index (χ2n) is 6.17. The number of para-hydroxylation sites is 2. The molecule has 0 bridgehead atoms. The average molecular weight is 319 g/mol. The van der Waals surface area contributed by atoms with Crippen molar-refractivity contribution in [2.75, 3.05) is 9.80 Å². The highest BCUT2D eigenvalue weighted by Crippen LogP contribution is 2.38. The molecule has 0 fully saturated rings. The van der Waals surface area contributed by atoms with E-state index in [-0.39, 0.29) is 0 Å². The third-order valence-electron chi connectivity index (χ3n) is 4.83. The first-order valence-corrected chi connectivity index (χ1v) is 9.04. The van der Waals surface area contributed by atoms with Crippen molar-refractivity contribution in [1.82, 2.24) is 0 Å². The minimum atomic E-state index is 0.437. The van der Waals surface area contributed by atoms with Crippen LogP contribution in [0.25, 0.3) is 0 Å². The van der Waals surface area contributed by atoms with Crippen LogP contribution < -0.4 is 9.80 Å². The Kier molecular flexibility index (Phi) is 5.24. The van der Waals surface area contributed by atoms with Gasteiger partial charge in [-0.15, -0.1) is 0 Å². The molecule has 125 valence electrons. The van der Waals surface area contributed by atoms with Crippen molar-refractivity contribution >= 4 is 11.4 Å². The van der Waals surface area contributed by atoms with E-state index in [1.54, 1.807) is 5.57 Å². The summed E-state index contributed by atoms with van der Waals surface area (Å²) in [6.45, 7) is 9.12. The summed E-state index contributed by atoms with van der Waals surface area (Å²) >= 11 is 0. The van der Waals surface area contributed by atoms with Crippen LogP contribution >= 0.6 is 0 Å². The fraction of sp³-hybridized carbons (Fsp3) is 0.318. The van der Waals surface area contributed by atoms with E-state index in [0.717, 1.165) is 19.3 Å². The first kappa shape index (κ1) is 16.6. The van der Waals surface area contributed by atoms with Gasteiger partial charge in [-0.2, -0.15) is 0 Å². The van der Waals surface area contributed by atoms with Crippen LogP contribution in [0, 0.1) is 6.67 Å². The molecule has 2 nitrogen and oxygen atoms in total. The van der Waals surface area contributed by atoms with E-state index in [2.05, 4.69) is 97.9 Å². The molecule has 2 heteroatoms. The molecule has 2 aromatic rings. The van der Waals surface area contributed by atoms with E-state index in [1.165, 1.54) is 17.1 Å². The zero-order valence-corrected chi connectivity index (χ0v) is 14.9. The number of nitrogens with zero attached hydrogens (tertiary/aromatic N) is 2. The smallest absolute Gasteiger partial charge is 0.147 e. The second-order valence-corrected chi connectivity index (χ2v) is 6.17. The van der Waals surface area contributed by atoms with Crippen LogP contribution in [0.4, 0.5) is 11.4 Å². The van der Waals surface area contributed by atoms with Gasteiger partial charge in [0, 0.05) is 17.1 Å². The maximum atomic E-state index is 2.44. The van der Waals surface area contributed by atoms with Gasteiger partial charge in [-0.25, -0.2) is 0 Å². The van der Waals surface area contributed by atoms with Crippen molar-refractivity contribution in [3.05, 3.63) is 78.6 Å². The Hall–Kier alpha value is -2.22. The van der Waals surface area contributed by atoms with E-state index < -0.39 is 0 Å². The van der Waals surface area contributed by atoms with Crippen LogP contribution in [-0.2, 0) is 0 Å². The highest BCUT2D eigenvalue weighted by molar-refractivity contribution is 5.64. The number of benzene rings is 2. The molecule has 0 amide bonds. The summed E-state index contributed by atoms with van der Waals surface area (Å²) < 4.78 is 0. The fourth-order valence-corrected chi connectivity index (χ4v) is 3.73. The Morgan fingerprint density at radius 2 is 1.33 bits per heavy atom. The van der Waals surface area contributed by atoms with Crippen LogP contribution in [-0.4, -0.2) is 6.04 Å². The number of allylic oxidation sites excluding steroid dienone is 1. The molecule has 1 atom stereocenters. The van der Waals surface area contributed by atoms with Gasteiger partial charge in [0.15, 0.2) is 0 Å². The molecular formula is C22H27N2. The summed E-state index contributed by atoms with van der Waals surface area (Å²) in [7, 11) is 0. The van der Waals surface area contributed by atoms with Crippen molar-refractivity contribution in [1.29, 1.82) is 0 Å². The number of rotatable bonds is 5. The summed E-state index contributed by atoms with van der Waals surface area (Å²) in [5.41, 5.74) is 5.49. The van der Waals surface area contributed by atoms with Crippen molar-refractivity contribution in [3.63, 3.8) is 0 Å². The van der Waals surface area contributed by atoms with Gasteiger partial charge in [-0.3, -0.25) is 0 Å². The quantitative estimate of drug-likeness (QED) is 0.668. The number of hydrogen-bond acceptors (Lipinski definition) is 2. The molecule has 0 aromatic heterocycles. The predicted molar refractivity (Wildman–Crippen MR) is 104 cm³/mol. The summed E-state index contributed by atoms with van der Waals surface area (Å²) in [6, 6.07) is 21.8. The normalized spacial score (nSPS) is 18.2. The Bertz CT molecular complexity index is 676. The van der Waals surface area contributed by atoms with Crippen LogP contribution in [0.5, 0.6) is 0 Å². The van der Waals surface area contributed by atoms with E-state index >= 15 is 0 Å². The van der Waals surface area contributed by atoms with Gasteiger partial charge < -0.3 is 9.80 Å². The van der Waals surface area contributed by atoms with Crippen LogP contribution in [0.3, 0.4) is 0 Å². The van der Waals surface area contributed by atoms with E-state index in [1.807, 2.05) is 0 Å². The maximum absolute atomic E-state index is 2.44. The lowest BCUT2D eigenvalue weighted by Crippen LogP contribution is -2.46. The topological polar surface area (TPSA) is 6.48 Å². The molecule has 1 radical (unpaired) electrons. The molecule has 0 spiro atoms. The van der Waals surface area contributed by atoms with Gasteiger partial charge in [-0.05, 0) is 49.1 Å². The number of hydrogen-bond donors (Lipinski definition) is 0. The van der Waals surface area contributed by atoms with E-state index in [9.17, 15) is 0 Å². The Morgan fingerprint density at radius 1 is 0.750 bits per heavy atom. The molecule has 1 aliphatic rings. The zero-order chi connectivity index (χ0) is 16.9. The second kappa shape index (κ2) is 7.57. The van der Waals surface area contributed by atoms with Gasteiger partial charge in [0.2, 0.25) is 0 Å². The Morgan fingerprint density at radius 3 is 1.83 bits per heavy atom.